The third kappa shape index (κ3) is 4.35. The SMILES string of the molecule is Cc1cc2ccccc2n1CCC(=O)N(C)C[C@]1(O)CCCN(c2ccnc3ccncc23)C1. The minimum atomic E-state index is -0.962. The van der Waals surface area contributed by atoms with Crippen molar-refractivity contribution in [3.05, 3.63) is 66.7 Å². The molecule has 1 fully saturated rings. The first-order valence-corrected chi connectivity index (χ1v) is 11.9. The lowest BCUT2D eigenvalue weighted by atomic mass is 9.91. The molecule has 1 aromatic carbocycles. The number of rotatable bonds is 6. The highest BCUT2D eigenvalue weighted by Crippen LogP contribution is 2.31. The van der Waals surface area contributed by atoms with E-state index in [1.165, 1.54) is 5.39 Å². The van der Waals surface area contributed by atoms with Crippen LogP contribution in [0.2, 0.25) is 0 Å². The van der Waals surface area contributed by atoms with Crippen molar-refractivity contribution in [2.24, 2.45) is 0 Å². The molecule has 0 saturated carbocycles. The Kier molecular flexibility index (Phi) is 5.96. The van der Waals surface area contributed by atoms with Crippen LogP contribution in [0.3, 0.4) is 0 Å². The van der Waals surface area contributed by atoms with Gasteiger partial charge in [-0.2, -0.15) is 0 Å². The molecule has 1 atom stereocenters. The van der Waals surface area contributed by atoms with Crippen molar-refractivity contribution < 1.29 is 9.90 Å². The third-order valence-electron chi connectivity index (χ3n) is 6.94. The topological polar surface area (TPSA) is 74.5 Å². The van der Waals surface area contributed by atoms with Crippen LogP contribution in [0.1, 0.15) is 25.0 Å². The number of nitrogens with zero attached hydrogens (tertiary/aromatic N) is 5. The van der Waals surface area contributed by atoms with Crippen LogP contribution in [0, 0.1) is 6.92 Å². The van der Waals surface area contributed by atoms with Crippen molar-refractivity contribution >= 4 is 33.4 Å². The quantitative estimate of drug-likeness (QED) is 0.477. The highest BCUT2D eigenvalue weighted by Gasteiger charge is 2.36. The monoisotopic (exact) mass is 457 g/mol. The number of hydrogen-bond acceptors (Lipinski definition) is 5. The highest BCUT2D eigenvalue weighted by atomic mass is 16.3. The van der Waals surface area contributed by atoms with Gasteiger partial charge in [0, 0.05) is 74.0 Å². The fraction of sp³-hybridized carbons (Fsp3) is 0.370. The summed E-state index contributed by atoms with van der Waals surface area (Å²) in [7, 11) is 1.80. The number of benzene rings is 1. The number of likely N-dealkylation sites (N-methyl/N-ethyl adjacent to an activating group) is 1. The fourth-order valence-electron chi connectivity index (χ4n) is 5.27. The van der Waals surface area contributed by atoms with Crippen LogP contribution in [-0.2, 0) is 11.3 Å². The molecular formula is C27H31N5O2. The fourth-order valence-corrected chi connectivity index (χ4v) is 5.27. The van der Waals surface area contributed by atoms with E-state index < -0.39 is 5.60 Å². The summed E-state index contributed by atoms with van der Waals surface area (Å²) in [5, 5.41) is 13.6. The summed E-state index contributed by atoms with van der Waals surface area (Å²) in [5.74, 6) is 0.0429. The summed E-state index contributed by atoms with van der Waals surface area (Å²) < 4.78 is 2.20. The number of carbonyl (C=O) groups is 1. The van der Waals surface area contributed by atoms with E-state index in [4.69, 9.17) is 0 Å². The number of β-amino-alcohol motifs (C(OH)–C–C–N with tert-alkyl or cyclic N) is 1. The Morgan fingerprint density at radius 1 is 1.21 bits per heavy atom. The lowest BCUT2D eigenvalue weighted by molar-refractivity contribution is -0.133. The highest BCUT2D eigenvalue weighted by molar-refractivity contribution is 5.90. The number of carbonyl (C=O) groups excluding carboxylic acids is 1. The van der Waals surface area contributed by atoms with Gasteiger partial charge in [-0.3, -0.25) is 14.8 Å². The minimum absolute atomic E-state index is 0.0429. The number of hydrogen-bond donors (Lipinski definition) is 1. The van der Waals surface area contributed by atoms with Crippen molar-refractivity contribution in [2.75, 3.05) is 31.6 Å². The van der Waals surface area contributed by atoms with E-state index in [1.807, 2.05) is 30.5 Å². The summed E-state index contributed by atoms with van der Waals surface area (Å²) in [6, 6.07) is 14.3. The van der Waals surface area contributed by atoms with Gasteiger partial charge in [0.1, 0.15) is 0 Å². The Morgan fingerprint density at radius 2 is 2.06 bits per heavy atom. The molecule has 4 heterocycles. The lowest BCUT2D eigenvalue weighted by Crippen LogP contribution is -2.54. The van der Waals surface area contributed by atoms with Crippen LogP contribution in [-0.4, -0.2) is 62.7 Å². The largest absolute Gasteiger partial charge is 0.386 e. The number of aliphatic hydroxyl groups is 1. The Morgan fingerprint density at radius 3 is 2.94 bits per heavy atom. The normalized spacial score (nSPS) is 18.5. The van der Waals surface area contributed by atoms with E-state index >= 15 is 0 Å². The Balaban J connectivity index is 1.25. The van der Waals surface area contributed by atoms with Gasteiger partial charge in [0.15, 0.2) is 0 Å². The average Bonchev–Trinajstić information content (AvgIpc) is 3.16. The Bertz CT molecular complexity index is 1330. The molecule has 1 aliphatic rings. The molecule has 1 aliphatic heterocycles. The standard InChI is InChI=1S/C27H31N5O2/c1-20-16-21-6-3-4-7-24(21)32(20)15-10-26(33)30(2)18-27(34)11-5-14-31(19-27)25-9-13-29-23-8-12-28-17-22(23)25/h3-4,6-9,12-13,16-17,34H,5,10-11,14-15,18-19H2,1-2H3/t27-/m1/s1. The molecule has 0 spiro atoms. The van der Waals surface area contributed by atoms with Crippen LogP contribution in [0.25, 0.3) is 21.8 Å². The van der Waals surface area contributed by atoms with E-state index in [0.29, 0.717) is 32.5 Å². The predicted octanol–water partition coefficient (Wildman–Crippen LogP) is 3.77. The zero-order chi connectivity index (χ0) is 23.7. The van der Waals surface area contributed by atoms with E-state index in [9.17, 15) is 9.90 Å². The number of para-hydroxylation sites is 1. The zero-order valence-electron chi connectivity index (χ0n) is 19.8. The lowest BCUT2D eigenvalue weighted by Gasteiger charge is -2.42. The second-order valence-electron chi connectivity index (χ2n) is 9.47. The van der Waals surface area contributed by atoms with Crippen molar-refractivity contribution in [3.63, 3.8) is 0 Å². The first kappa shape index (κ1) is 22.3. The second kappa shape index (κ2) is 9.06. The van der Waals surface area contributed by atoms with Gasteiger partial charge in [0.2, 0.25) is 5.91 Å². The molecule has 3 aromatic heterocycles. The molecule has 0 aliphatic carbocycles. The van der Waals surface area contributed by atoms with Gasteiger partial charge in [-0.25, -0.2) is 0 Å². The van der Waals surface area contributed by atoms with Crippen LogP contribution >= 0.6 is 0 Å². The first-order valence-electron chi connectivity index (χ1n) is 11.9. The number of fused-ring (bicyclic) bond motifs is 2. The molecule has 7 nitrogen and oxygen atoms in total. The van der Waals surface area contributed by atoms with Crippen LogP contribution < -0.4 is 4.90 Å². The van der Waals surface area contributed by atoms with Gasteiger partial charge in [-0.15, -0.1) is 0 Å². The van der Waals surface area contributed by atoms with Crippen molar-refractivity contribution in [2.45, 2.75) is 38.3 Å². The summed E-state index contributed by atoms with van der Waals surface area (Å²) in [6.45, 7) is 4.35. The molecule has 0 bridgehead atoms. The summed E-state index contributed by atoms with van der Waals surface area (Å²) >= 11 is 0. The van der Waals surface area contributed by atoms with E-state index in [2.05, 4.69) is 44.6 Å². The number of piperidine rings is 1. The summed E-state index contributed by atoms with van der Waals surface area (Å²) in [6.07, 6.45) is 7.30. The first-order chi connectivity index (χ1) is 16.4. The van der Waals surface area contributed by atoms with Gasteiger partial charge in [0.05, 0.1) is 17.7 Å². The molecule has 1 N–H and O–H groups in total. The molecule has 176 valence electrons. The molecule has 1 amide bonds. The van der Waals surface area contributed by atoms with Gasteiger partial charge in [-0.1, -0.05) is 18.2 Å². The van der Waals surface area contributed by atoms with E-state index in [-0.39, 0.29) is 5.91 Å². The van der Waals surface area contributed by atoms with Gasteiger partial charge < -0.3 is 19.5 Å². The number of aromatic nitrogens is 3. The van der Waals surface area contributed by atoms with Crippen molar-refractivity contribution in [3.8, 4) is 0 Å². The van der Waals surface area contributed by atoms with Gasteiger partial charge in [-0.05, 0) is 49.4 Å². The van der Waals surface area contributed by atoms with E-state index in [0.717, 1.165) is 40.8 Å². The Hall–Kier alpha value is -3.45. The van der Waals surface area contributed by atoms with Crippen molar-refractivity contribution in [1.29, 1.82) is 0 Å². The number of aryl methyl sites for hydroxylation is 2. The van der Waals surface area contributed by atoms with Gasteiger partial charge >= 0.3 is 0 Å². The molecule has 0 unspecified atom stereocenters. The minimum Gasteiger partial charge on any atom is -0.386 e. The maximum absolute atomic E-state index is 13.0. The smallest absolute Gasteiger partial charge is 0.224 e. The number of anilines is 1. The second-order valence-corrected chi connectivity index (χ2v) is 9.47. The van der Waals surface area contributed by atoms with Crippen LogP contribution in [0.4, 0.5) is 5.69 Å². The third-order valence-corrected chi connectivity index (χ3v) is 6.94. The maximum Gasteiger partial charge on any atom is 0.224 e. The van der Waals surface area contributed by atoms with Crippen LogP contribution in [0.5, 0.6) is 0 Å². The molecule has 5 rings (SSSR count). The van der Waals surface area contributed by atoms with Gasteiger partial charge in [0.25, 0.3) is 0 Å². The number of pyridine rings is 2. The molecule has 4 aromatic rings. The molecular weight excluding hydrogens is 426 g/mol. The average molecular weight is 458 g/mol. The molecule has 1 saturated heterocycles. The number of amides is 1. The maximum atomic E-state index is 13.0. The van der Waals surface area contributed by atoms with Crippen LogP contribution in [0.15, 0.2) is 61.1 Å². The van der Waals surface area contributed by atoms with Crippen molar-refractivity contribution in [1.82, 2.24) is 19.4 Å². The molecule has 34 heavy (non-hydrogen) atoms. The van der Waals surface area contributed by atoms with E-state index in [1.54, 1.807) is 24.3 Å². The Labute approximate surface area is 199 Å². The molecule has 7 heteroatoms. The molecule has 0 radical (unpaired) electrons. The predicted molar refractivity (Wildman–Crippen MR) is 135 cm³/mol. The zero-order valence-corrected chi connectivity index (χ0v) is 19.8. The summed E-state index contributed by atoms with van der Waals surface area (Å²) in [4.78, 5) is 25.6. The summed E-state index contributed by atoms with van der Waals surface area (Å²) in [5.41, 5.74) is 3.26.